The first kappa shape index (κ1) is 45.2. The fourth-order valence-corrected chi connectivity index (χ4v) is 9.62. The average Bonchev–Trinajstić information content (AvgIpc) is 3.92. The molecule has 336 valence electrons. The standard InChI is InChI=1S/C48H64N10O5/c1-9-31-25-33-34(48(7,8)42-40(41(33)60)32-15-14-30(27-49)24-36(32)52-42)26-37(31)56-20-22-57(23-21-56)39(59)13-11-17-55-28-38(47(5,6)29-55)54-43(61)35(53-45(62)63-46(2,3)4)12-10-18-58-19-16-51-44(58)50/h14-16,19,24-26,35,38,52H,9-13,17-18,20-23,28-29H2,1-8H3,(H2,50,51)(H,53,62)(H,54,61)/t35-,38-/m0/s1. The molecule has 2 saturated heterocycles. The lowest BCUT2D eigenvalue weighted by Gasteiger charge is -2.39. The molecular weight excluding hydrogens is 797 g/mol. The molecule has 5 N–H and O–H groups in total. The summed E-state index contributed by atoms with van der Waals surface area (Å²) in [6.45, 7) is 21.4. The summed E-state index contributed by atoms with van der Waals surface area (Å²) < 4.78 is 7.30. The summed E-state index contributed by atoms with van der Waals surface area (Å²) in [6.07, 6.45) is 5.67. The predicted octanol–water partition coefficient (Wildman–Crippen LogP) is 5.88. The maximum Gasteiger partial charge on any atom is 0.408 e. The third-order valence-electron chi connectivity index (χ3n) is 13.1. The number of imidazole rings is 1. The number of rotatable bonds is 13. The Kier molecular flexibility index (Phi) is 12.7. The van der Waals surface area contributed by atoms with Gasteiger partial charge in [0.2, 0.25) is 11.8 Å². The molecular formula is C48H64N10O5. The van der Waals surface area contributed by atoms with E-state index in [0.29, 0.717) is 82.0 Å². The second-order valence-electron chi connectivity index (χ2n) is 19.7. The van der Waals surface area contributed by atoms with E-state index in [9.17, 15) is 24.4 Å². The molecule has 3 amide bonds. The van der Waals surface area contributed by atoms with Gasteiger partial charge in [0.1, 0.15) is 11.6 Å². The van der Waals surface area contributed by atoms with Gasteiger partial charge in [-0.2, -0.15) is 5.26 Å². The fraction of sp³-hybridized carbons (Fsp3) is 0.542. The van der Waals surface area contributed by atoms with Crippen LogP contribution >= 0.6 is 0 Å². The minimum atomic E-state index is -0.793. The summed E-state index contributed by atoms with van der Waals surface area (Å²) in [6, 6.07) is 11.0. The first-order valence-electron chi connectivity index (χ1n) is 22.4. The molecule has 2 aromatic heterocycles. The number of fused-ring (bicyclic) bond motifs is 4. The van der Waals surface area contributed by atoms with E-state index < -0.39 is 23.2 Å². The van der Waals surface area contributed by atoms with E-state index in [2.05, 4.69) is 83.2 Å². The van der Waals surface area contributed by atoms with Crippen LogP contribution in [0.4, 0.5) is 16.4 Å². The van der Waals surface area contributed by atoms with Gasteiger partial charge in [-0.05, 0) is 93.8 Å². The highest BCUT2D eigenvalue weighted by Gasteiger charge is 2.42. The molecule has 15 nitrogen and oxygen atoms in total. The normalized spacial score (nSPS) is 18.7. The highest BCUT2D eigenvalue weighted by Crippen LogP contribution is 2.46. The number of amides is 3. The monoisotopic (exact) mass is 861 g/mol. The number of H-pyrrole nitrogens is 1. The van der Waals surface area contributed by atoms with Gasteiger partial charge in [-0.25, -0.2) is 9.78 Å². The Morgan fingerprint density at radius 1 is 1.06 bits per heavy atom. The lowest BCUT2D eigenvalue weighted by atomic mass is 9.70. The number of aromatic nitrogens is 3. The largest absolute Gasteiger partial charge is 0.444 e. The Hall–Kier alpha value is -5.88. The van der Waals surface area contributed by atoms with Crippen LogP contribution < -0.4 is 21.3 Å². The lowest BCUT2D eigenvalue weighted by Crippen LogP contribution is -2.53. The van der Waals surface area contributed by atoms with E-state index in [1.807, 2.05) is 21.6 Å². The molecule has 0 saturated carbocycles. The summed E-state index contributed by atoms with van der Waals surface area (Å²) in [4.78, 5) is 68.4. The Balaban J connectivity index is 0.922. The number of ether oxygens (including phenoxy) is 1. The number of hydrogen-bond acceptors (Lipinski definition) is 10. The first-order chi connectivity index (χ1) is 29.8. The Labute approximate surface area is 370 Å². The van der Waals surface area contributed by atoms with Crippen LogP contribution in [-0.4, -0.2) is 112 Å². The molecule has 1 aliphatic carbocycles. The Morgan fingerprint density at radius 2 is 1.81 bits per heavy atom. The first-order valence-corrected chi connectivity index (χ1v) is 22.4. The van der Waals surface area contributed by atoms with Crippen LogP contribution in [0, 0.1) is 16.7 Å². The second-order valence-corrected chi connectivity index (χ2v) is 19.7. The number of carbonyl (C=O) groups is 4. The van der Waals surface area contributed by atoms with Gasteiger partial charge in [-0.15, -0.1) is 0 Å². The quantitative estimate of drug-likeness (QED) is 0.126. The van der Waals surface area contributed by atoms with Gasteiger partial charge in [0.15, 0.2) is 11.7 Å². The molecule has 4 heterocycles. The van der Waals surface area contributed by atoms with Crippen molar-refractivity contribution in [1.82, 2.24) is 35.0 Å². The maximum atomic E-state index is 14.1. The van der Waals surface area contributed by atoms with Crippen LogP contribution in [0.25, 0.3) is 10.9 Å². The molecule has 2 aromatic carbocycles. The highest BCUT2D eigenvalue weighted by molar-refractivity contribution is 6.20. The van der Waals surface area contributed by atoms with Crippen LogP contribution in [0.5, 0.6) is 0 Å². The number of aryl methyl sites for hydroxylation is 2. The van der Waals surface area contributed by atoms with Crippen molar-refractivity contribution in [1.29, 1.82) is 5.26 Å². The number of nitrogen functional groups attached to an aromatic ring is 1. The molecule has 2 atom stereocenters. The number of piperazine rings is 1. The van der Waals surface area contributed by atoms with Gasteiger partial charge in [-0.3, -0.25) is 14.4 Å². The number of alkyl carbamates (subject to hydrolysis) is 1. The van der Waals surface area contributed by atoms with Crippen molar-refractivity contribution < 1.29 is 23.9 Å². The molecule has 0 bridgehead atoms. The number of anilines is 2. The highest BCUT2D eigenvalue weighted by atomic mass is 16.6. The number of benzene rings is 2. The van der Waals surface area contributed by atoms with E-state index in [1.54, 1.807) is 39.2 Å². The lowest BCUT2D eigenvalue weighted by molar-refractivity contribution is -0.131. The second kappa shape index (κ2) is 17.7. The van der Waals surface area contributed by atoms with Gasteiger partial charge in [-0.1, -0.05) is 40.7 Å². The molecule has 2 fully saturated rings. The molecule has 3 aliphatic rings. The predicted molar refractivity (Wildman–Crippen MR) is 244 cm³/mol. The Bertz CT molecular complexity index is 2430. The molecule has 2 aliphatic heterocycles. The third kappa shape index (κ3) is 9.56. The summed E-state index contributed by atoms with van der Waals surface area (Å²) in [7, 11) is 0. The van der Waals surface area contributed by atoms with E-state index in [0.717, 1.165) is 58.5 Å². The van der Waals surface area contributed by atoms with E-state index >= 15 is 0 Å². The van der Waals surface area contributed by atoms with Crippen LogP contribution in [-0.2, 0) is 32.7 Å². The van der Waals surface area contributed by atoms with Crippen LogP contribution in [0.15, 0.2) is 42.7 Å². The van der Waals surface area contributed by atoms with Gasteiger partial charge >= 0.3 is 6.09 Å². The van der Waals surface area contributed by atoms with Crippen molar-refractivity contribution in [3.63, 3.8) is 0 Å². The van der Waals surface area contributed by atoms with Crippen molar-refractivity contribution in [3.8, 4) is 6.07 Å². The van der Waals surface area contributed by atoms with Crippen LogP contribution in [0.3, 0.4) is 0 Å². The number of carbonyl (C=O) groups excluding carboxylic acids is 4. The fourth-order valence-electron chi connectivity index (χ4n) is 9.62. The van der Waals surface area contributed by atoms with E-state index in [-0.39, 0.29) is 29.1 Å². The maximum absolute atomic E-state index is 14.1. The zero-order valence-corrected chi connectivity index (χ0v) is 38.2. The number of nitrogens with two attached hydrogens (primary N) is 1. The van der Waals surface area contributed by atoms with Gasteiger partial charge in [0.05, 0.1) is 17.2 Å². The number of ketones is 1. The van der Waals surface area contributed by atoms with E-state index in [4.69, 9.17) is 10.5 Å². The van der Waals surface area contributed by atoms with Gasteiger partial charge in [0.25, 0.3) is 0 Å². The minimum Gasteiger partial charge on any atom is -0.444 e. The smallest absolute Gasteiger partial charge is 0.408 e. The van der Waals surface area contributed by atoms with E-state index in [1.165, 1.54) is 0 Å². The van der Waals surface area contributed by atoms with Crippen molar-refractivity contribution >= 4 is 46.2 Å². The summed E-state index contributed by atoms with van der Waals surface area (Å²) >= 11 is 0. The summed E-state index contributed by atoms with van der Waals surface area (Å²) in [5, 5.41) is 16.4. The number of likely N-dealkylation sites (tertiary alicyclic amines) is 1. The van der Waals surface area contributed by atoms with Gasteiger partial charge in [0, 0.05) is 104 Å². The zero-order chi connectivity index (χ0) is 45.4. The molecule has 4 aromatic rings. The molecule has 15 heteroatoms. The van der Waals surface area contributed by atoms with Gasteiger partial charge < -0.3 is 45.4 Å². The van der Waals surface area contributed by atoms with Crippen LogP contribution in [0.2, 0.25) is 0 Å². The average molecular weight is 861 g/mol. The Morgan fingerprint density at radius 3 is 2.48 bits per heavy atom. The molecule has 0 radical (unpaired) electrons. The number of hydrogen-bond donors (Lipinski definition) is 4. The summed E-state index contributed by atoms with van der Waals surface area (Å²) in [5.41, 5.74) is 11.4. The van der Waals surface area contributed by atoms with Crippen LogP contribution in [0.1, 0.15) is 119 Å². The van der Waals surface area contributed by atoms with Crippen molar-refractivity contribution in [2.75, 3.05) is 56.4 Å². The van der Waals surface area contributed by atoms with Crippen molar-refractivity contribution in [2.45, 2.75) is 117 Å². The SMILES string of the molecule is CCc1cc2c(cc1N1CCN(C(=O)CCCN3C[C@H](NC(=O)[C@H](CCCn4ccnc4N)NC(=O)OC(C)(C)C)C(C)(C)C3)CC1)C(C)(C)c1[nH]c3cc(C#N)ccc3c1C2=O. The number of nitrogens with one attached hydrogen (secondary N) is 3. The third-order valence-corrected chi connectivity index (χ3v) is 13.1. The van der Waals surface area contributed by atoms with Crippen molar-refractivity contribution in [3.05, 3.63) is 76.2 Å². The zero-order valence-electron chi connectivity index (χ0n) is 38.2. The minimum absolute atomic E-state index is 0.00539. The van der Waals surface area contributed by atoms with Crippen molar-refractivity contribution in [2.24, 2.45) is 5.41 Å². The summed E-state index contributed by atoms with van der Waals surface area (Å²) in [5.74, 6) is 0.289. The number of nitrogens with zero attached hydrogens (tertiary/aromatic N) is 6. The molecule has 0 unspecified atom stereocenters. The molecule has 7 rings (SSSR count). The number of aromatic amines is 1. The molecule has 0 spiro atoms. The number of nitriles is 1. The topological polar surface area (TPSA) is 195 Å². The molecule has 63 heavy (non-hydrogen) atoms.